The predicted molar refractivity (Wildman–Crippen MR) is 112 cm³/mol. The highest BCUT2D eigenvalue weighted by molar-refractivity contribution is 6.35. The molecule has 0 heterocycles. The summed E-state index contributed by atoms with van der Waals surface area (Å²) in [6.07, 6.45) is -1.26. The molecule has 0 saturated heterocycles. The van der Waals surface area contributed by atoms with Crippen LogP contribution in [-0.4, -0.2) is 82.6 Å². The lowest BCUT2D eigenvalue weighted by Crippen LogP contribution is -2.50. The molecule has 0 aromatic rings. The van der Waals surface area contributed by atoms with Crippen LogP contribution < -0.4 is 21.7 Å². The number of carbonyl (C=O) groups is 5. The van der Waals surface area contributed by atoms with E-state index in [-0.39, 0.29) is 32.2 Å². The van der Waals surface area contributed by atoms with Gasteiger partial charge in [-0.25, -0.2) is 0 Å². The Kier molecular flexibility index (Phi) is 14.6. The minimum atomic E-state index is -1.52. The van der Waals surface area contributed by atoms with Crippen LogP contribution in [0, 0.1) is 20.2 Å². The van der Waals surface area contributed by atoms with E-state index in [9.17, 15) is 44.2 Å². The fourth-order valence-corrected chi connectivity index (χ4v) is 2.48. The predicted octanol–water partition coefficient (Wildman–Crippen LogP) is -2.56. The van der Waals surface area contributed by atoms with Gasteiger partial charge in [-0.15, -0.1) is 20.2 Å². The number of carboxylic acid groups (broad SMARTS) is 1. The van der Waals surface area contributed by atoms with Crippen molar-refractivity contribution in [2.75, 3.05) is 19.7 Å². The molecule has 3 amide bonds. The lowest BCUT2D eigenvalue weighted by atomic mass is 10.1. The van der Waals surface area contributed by atoms with E-state index in [4.69, 9.17) is 10.8 Å². The smallest absolute Gasteiger partial charge is 0.303 e. The van der Waals surface area contributed by atoms with Crippen LogP contribution in [0.2, 0.25) is 0 Å². The number of carbonyl (C=O) groups excluding carboxylic acids is 4. The second-order valence-corrected chi connectivity index (χ2v) is 7.12. The molecule has 0 bridgehead atoms. The van der Waals surface area contributed by atoms with E-state index in [1.165, 1.54) is 0 Å². The van der Waals surface area contributed by atoms with Crippen LogP contribution in [0.1, 0.15) is 39.0 Å². The molecule has 0 radical (unpaired) electrons. The molecule has 0 fully saturated rings. The molecule has 0 spiro atoms. The van der Waals surface area contributed by atoms with Gasteiger partial charge in [0.15, 0.2) is 0 Å². The number of rotatable bonds is 19. The minimum Gasteiger partial charge on any atom is -0.481 e. The van der Waals surface area contributed by atoms with E-state index in [1.807, 2.05) is 0 Å². The van der Waals surface area contributed by atoms with E-state index in [0.717, 1.165) is 6.92 Å². The van der Waals surface area contributed by atoms with Crippen LogP contribution in [-0.2, 0) is 33.6 Å². The zero-order valence-corrected chi connectivity index (χ0v) is 18.8. The first-order chi connectivity index (χ1) is 16.3. The molecule has 18 nitrogen and oxygen atoms in total. The van der Waals surface area contributed by atoms with Gasteiger partial charge in [-0.2, -0.15) is 0 Å². The Hall–Kier alpha value is -4.09. The average Bonchev–Trinajstić information content (AvgIpc) is 2.76. The maximum Gasteiger partial charge on any atom is 0.303 e. The molecule has 3 atom stereocenters. The molecule has 35 heavy (non-hydrogen) atoms. The summed E-state index contributed by atoms with van der Waals surface area (Å²) in [5.41, 5.74) is 5.57. The number of hydrogen-bond donors (Lipinski definition) is 5. The van der Waals surface area contributed by atoms with Crippen molar-refractivity contribution >= 4 is 29.5 Å². The highest BCUT2D eigenvalue weighted by Gasteiger charge is 2.24. The maximum atomic E-state index is 12.4. The van der Waals surface area contributed by atoms with E-state index in [1.54, 1.807) is 0 Å². The van der Waals surface area contributed by atoms with Gasteiger partial charge in [0, 0.05) is 26.4 Å². The quantitative estimate of drug-likeness (QED) is 0.0520. The van der Waals surface area contributed by atoms with Crippen molar-refractivity contribution in [3.8, 4) is 0 Å². The number of nitrogens with one attached hydrogen (secondary N) is 3. The number of nitrogens with two attached hydrogens (primary N) is 1. The number of hydrogen-bond acceptors (Lipinski definition) is 12. The molecule has 0 aliphatic rings. The normalized spacial score (nSPS) is 12.9. The van der Waals surface area contributed by atoms with Gasteiger partial charge < -0.3 is 36.5 Å². The second kappa shape index (κ2) is 16.5. The molecular weight excluding hydrogens is 480 g/mol. The zero-order valence-electron chi connectivity index (χ0n) is 18.8. The van der Waals surface area contributed by atoms with Gasteiger partial charge in [-0.1, -0.05) is 0 Å². The first-order valence-corrected chi connectivity index (χ1v) is 10.3. The summed E-state index contributed by atoms with van der Waals surface area (Å²) in [5.74, 6) is -4.43. The lowest BCUT2D eigenvalue weighted by Gasteiger charge is -2.20. The lowest BCUT2D eigenvalue weighted by molar-refractivity contribution is -0.789. The maximum absolute atomic E-state index is 12.4. The molecule has 198 valence electrons. The number of unbranched alkanes of at least 4 members (excludes halogenated alkanes) is 1. The van der Waals surface area contributed by atoms with Gasteiger partial charge >= 0.3 is 5.97 Å². The van der Waals surface area contributed by atoms with Crippen molar-refractivity contribution in [3.05, 3.63) is 20.2 Å². The summed E-state index contributed by atoms with van der Waals surface area (Å²) in [6.45, 7) is -0.327. The molecule has 1 unspecified atom stereocenters. The van der Waals surface area contributed by atoms with Gasteiger partial charge in [0.1, 0.15) is 18.8 Å². The first-order valence-electron chi connectivity index (χ1n) is 10.3. The molecule has 0 aromatic carbocycles. The summed E-state index contributed by atoms with van der Waals surface area (Å²) in [6, 6.07) is -2.25. The van der Waals surface area contributed by atoms with Crippen molar-refractivity contribution in [2.24, 2.45) is 5.73 Å². The van der Waals surface area contributed by atoms with Crippen LogP contribution in [0.4, 0.5) is 0 Å². The molecule has 0 aromatic heterocycles. The molecule has 6 N–H and O–H groups in total. The highest BCUT2D eigenvalue weighted by Crippen LogP contribution is 2.03. The third-order valence-electron chi connectivity index (χ3n) is 4.27. The summed E-state index contributed by atoms with van der Waals surface area (Å²) in [5, 5.41) is 33.9. The van der Waals surface area contributed by atoms with Crippen molar-refractivity contribution in [3.63, 3.8) is 0 Å². The molecule has 0 saturated carbocycles. The van der Waals surface area contributed by atoms with Crippen LogP contribution in [0.25, 0.3) is 0 Å². The van der Waals surface area contributed by atoms with E-state index < -0.39 is 71.0 Å². The van der Waals surface area contributed by atoms with Gasteiger partial charge in [-0.3, -0.25) is 24.0 Å². The standard InChI is InChI=1S/C17H28N6O12/c1-10(24)15(27)21-13(4-2-3-7-19-16(28)12(18)5-6-14(25)26)17(29)20-8-11(35-23(32)33)9-34-22(30)31/h11-13H,2-9,18H2,1H3,(H,19,28)(H,20,29)(H,21,27)(H,25,26)/t11-,12?,13+/m1/s1. The Labute approximate surface area is 198 Å². The summed E-state index contributed by atoms with van der Waals surface area (Å²) in [4.78, 5) is 86.7. The molecule has 0 rings (SSSR count). The molecule has 0 aliphatic heterocycles. The second-order valence-electron chi connectivity index (χ2n) is 7.12. The molecular formula is C17H28N6O12. The van der Waals surface area contributed by atoms with Crippen LogP contribution >= 0.6 is 0 Å². The van der Waals surface area contributed by atoms with Crippen LogP contribution in [0.15, 0.2) is 0 Å². The zero-order chi connectivity index (χ0) is 27.0. The van der Waals surface area contributed by atoms with Crippen molar-refractivity contribution in [2.45, 2.75) is 57.2 Å². The Morgan fingerprint density at radius 3 is 2.20 bits per heavy atom. The van der Waals surface area contributed by atoms with E-state index in [2.05, 4.69) is 25.6 Å². The van der Waals surface area contributed by atoms with E-state index >= 15 is 0 Å². The third kappa shape index (κ3) is 15.4. The van der Waals surface area contributed by atoms with Crippen LogP contribution in [0.3, 0.4) is 0 Å². The number of nitrogens with zero attached hydrogens (tertiary/aromatic N) is 2. The Morgan fingerprint density at radius 2 is 1.66 bits per heavy atom. The average molecular weight is 508 g/mol. The molecule has 0 aliphatic carbocycles. The van der Waals surface area contributed by atoms with Crippen molar-refractivity contribution in [1.82, 2.24) is 16.0 Å². The van der Waals surface area contributed by atoms with Gasteiger partial charge in [0.05, 0.1) is 6.04 Å². The van der Waals surface area contributed by atoms with Crippen LogP contribution in [0.5, 0.6) is 0 Å². The fourth-order valence-electron chi connectivity index (χ4n) is 2.48. The number of amides is 3. The largest absolute Gasteiger partial charge is 0.481 e. The summed E-state index contributed by atoms with van der Waals surface area (Å²) >= 11 is 0. The van der Waals surface area contributed by atoms with Crippen molar-refractivity contribution < 1.29 is 48.9 Å². The third-order valence-corrected chi connectivity index (χ3v) is 4.27. The van der Waals surface area contributed by atoms with Gasteiger partial charge in [0.2, 0.25) is 17.6 Å². The topological polar surface area (TPSA) is 272 Å². The fraction of sp³-hybridized carbons (Fsp3) is 0.706. The summed E-state index contributed by atoms with van der Waals surface area (Å²) in [7, 11) is 0. The first kappa shape index (κ1) is 30.9. The van der Waals surface area contributed by atoms with Gasteiger partial charge in [-0.05, 0) is 25.7 Å². The van der Waals surface area contributed by atoms with E-state index in [0.29, 0.717) is 6.42 Å². The number of Topliss-reactive ketones (excluding diaryl/α,β-unsaturated/α-hetero) is 1. The Balaban J connectivity index is 4.78. The highest BCUT2D eigenvalue weighted by atomic mass is 17.0. The van der Waals surface area contributed by atoms with Crippen molar-refractivity contribution in [1.29, 1.82) is 0 Å². The van der Waals surface area contributed by atoms with Gasteiger partial charge in [0.25, 0.3) is 16.1 Å². The molecule has 18 heteroatoms. The SMILES string of the molecule is CC(=O)C(=O)N[C@@H](CCCCNC(=O)C(N)CCC(=O)O)C(=O)NC[C@H](CO[N+](=O)[O-])O[N+](=O)[O-]. The Morgan fingerprint density at radius 1 is 1.00 bits per heavy atom. The Bertz CT molecular complexity index is 792. The summed E-state index contributed by atoms with van der Waals surface area (Å²) < 4.78 is 0. The number of carboxylic acids is 1. The minimum absolute atomic E-state index is 0.00203. The monoisotopic (exact) mass is 508 g/mol. The number of aliphatic carboxylic acids is 1. The number of ketones is 1.